The molecule has 0 spiro atoms. The van der Waals surface area contributed by atoms with Gasteiger partial charge in [0.1, 0.15) is 6.04 Å². The van der Waals surface area contributed by atoms with Crippen LogP contribution < -0.4 is 5.32 Å². The molecule has 0 aliphatic carbocycles. The lowest BCUT2D eigenvalue weighted by atomic mass is 10.0. The van der Waals surface area contributed by atoms with Crippen molar-refractivity contribution in [3.8, 4) is 0 Å². The van der Waals surface area contributed by atoms with E-state index in [1.54, 1.807) is 18.5 Å². The number of H-pyrrole nitrogens is 1. The fourth-order valence-corrected chi connectivity index (χ4v) is 3.20. The molecule has 0 unspecified atom stereocenters. The summed E-state index contributed by atoms with van der Waals surface area (Å²) >= 11 is 1.21. The number of methoxy groups -OCH3 is 1. The van der Waals surface area contributed by atoms with Crippen molar-refractivity contribution in [3.63, 3.8) is 0 Å². The van der Waals surface area contributed by atoms with Crippen LogP contribution in [0.2, 0.25) is 0 Å². The molecule has 2 heterocycles. The molecule has 7 nitrogen and oxygen atoms in total. The van der Waals surface area contributed by atoms with Crippen LogP contribution in [0.3, 0.4) is 0 Å². The minimum absolute atomic E-state index is 0.116. The van der Waals surface area contributed by atoms with Crippen molar-refractivity contribution >= 4 is 34.5 Å². The molecule has 0 saturated heterocycles. The van der Waals surface area contributed by atoms with Crippen molar-refractivity contribution in [2.24, 2.45) is 0 Å². The third-order valence-corrected chi connectivity index (χ3v) is 4.67. The maximum absolute atomic E-state index is 12.2. The SMILES string of the molecule is COC(=O)[C@H](Cc1c[nH]c2ccccc12)NC(=O)CSc1ncccn1. The summed E-state index contributed by atoms with van der Waals surface area (Å²) in [4.78, 5) is 35.6. The summed E-state index contributed by atoms with van der Waals surface area (Å²) in [7, 11) is 1.31. The molecule has 1 aromatic carbocycles. The van der Waals surface area contributed by atoms with Crippen LogP contribution in [0, 0.1) is 0 Å². The fraction of sp³-hybridized carbons (Fsp3) is 0.222. The average molecular weight is 370 g/mol. The number of amides is 1. The topological polar surface area (TPSA) is 97.0 Å². The standard InChI is InChI=1S/C18H18N4O3S/c1-25-17(24)15(9-12-10-21-14-6-3-2-5-13(12)14)22-16(23)11-26-18-19-7-4-8-20-18/h2-8,10,15,21H,9,11H2,1H3,(H,22,23)/t15-/m0/s1. The van der Waals surface area contributed by atoms with E-state index < -0.39 is 12.0 Å². The summed E-state index contributed by atoms with van der Waals surface area (Å²) in [5.74, 6) is -0.645. The zero-order valence-corrected chi connectivity index (χ0v) is 15.0. The van der Waals surface area contributed by atoms with Gasteiger partial charge in [-0.2, -0.15) is 0 Å². The maximum atomic E-state index is 12.2. The van der Waals surface area contributed by atoms with Crippen LogP contribution >= 0.6 is 11.8 Å². The number of benzene rings is 1. The van der Waals surface area contributed by atoms with Crippen molar-refractivity contribution in [1.29, 1.82) is 0 Å². The minimum Gasteiger partial charge on any atom is -0.467 e. The third-order valence-electron chi connectivity index (χ3n) is 3.79. The molecule has 8 heteroatoms. The van der Waals surface area contributed by atoms with E-state index in [4.69, 9.17) is 4.74 Å². The average Bonchev–Trinajstić information content (AvgIpc) is 3.09. The molecule has 1 atom stereocenters. The molecule has 0 aliphatic heterocycles. The first-order valence-electron chi connectivity index (χ1n) is 7.99. The van der Waals surface area contributed by atoms with Gasteiger partial charge >= 0.3 is 5.97 Å². The van der Waals surface area contributed by atoms with Crippen molar-refractivity contribution in [3.05, 3.63) is 54.5 Å². The molecule has 0 bridgehead atoms. The van der Waals surface area contributed by atoms with Gasteiger partial charge in [-0.15, -0.1) is 0 Å². The molecule has 134 valence electrons. The Morgan fingerprint density at radius 1 is 1.23 bits per heavy atom. The number of thioether (sulfide) groups is 1. The van der Waals surface area contributed by atoms with Crippen LogP contribution in [-0.2, 0) is 20.7 Å². The number of fused-ring (bicyclic) bond motifs is 1. The highest BCUT2D eigenvalue weighted by Gasteiger charge is 2.23. The summed E-state index contributed by atoms with van der Waals surface area (Å²) in [6.45, 7) is 0. The lowest BCUT2D eigenvalue weighted by Crippen LogP contribution is -2.43. The number of nitrogens with zero attached hydrogens (tertiary/aromatic N) is 2. The van der Waals surface area contributed by atoms with E-state index in [-0.39, 0.29) is 11.7 Å². The highest BCUT2D eigenvalue weighted by Crippen LogP contribution is 2.19. The van der Waals surface area contributed by atoms with Gasteiger partial charge in [0, 0.05) is 35.9 Å². The lowest BCUT2D eigenvalue weighted by Gasteiger charge is -2.16. The Bertz CT molecular complexity index is 898. The highest BCUT2D eigenvalue weighted by molar-refractivity contribution is 7.99. The van der Waals surface area contributed by atoms with Gasteiger partial charge in [-0.1, -0.05) is 30.0 Å². The number of carbonyl (C=O) groups is 2. The van der Waals surface area contributed by atoms with Gasteiger partial charge in [0.05, 0.1) is 12.9 Å². The number of ether oxygens (including phenoxy) is 1. The van der Waals surface area contributed by atoms with E-state index in [0.29, 0.717) is 11.6 Å². The molecule has 3 aromatic rings. The van der Waals surface area contributed by atoms with Crippen LogP contribution in [-0.4, -0.2) is 45.7 Å². The Balaban J connectivity index is 1.66. The van der Waals surface area contributed by atoms with Crippen LogP contribution in [0.4, 0.5) is 0 Å². The first-order chi connectivity index (χ1) is 12.7. The normalized spacial score (nSPS) is 11.9. The minimum atomic E-state index is -0.760. The molecule has 3 rings (SSSR count). The van der Waals surface area contributed by atoms with Gasteiger partial charge < -0.3 is 15.0 Å². The summed E-state index contributed by atoms with van der Waals surface area (Å²) in [5.41, 5.74) is 1.92. The Labute approximate surface area is 154 Å². The van der Waals surface area contributed by atoms with Gasteiger partial charge in [-0.25, -0.2) is 14.8 Å². The number of hydrogen-bond acceptors (Lipinski definition) is 6. The summed E-state index contributed by atoms with van der Waals surface area (Å²) in [5, 5.41) is 4.26. The fourth-order valence-electron chi connectivity index (χ4n) is 2.58. The zero-order valence-electron chi connectivity index (χ0n) is 14.1. The van der Waals surface area contributed by atoms with Crippen molar-refractivity contribution in [1.82, 2.24) is 20.3 Å². The van der Waals surface area contributed by atoms with E-state index in [9.17, 15) is 9.59 Å². The Kier molecular flexibility index (Phi) is 5.85. The third kappa shape index (κ3) is 4.40. The monoisotopic (exact) mass is 370 g/mol. The molecule has 2 N–H and O–H groups in total. The Morgan fingerprint density at radius 2 is 2.00 bits per heavy atom. The van der Waals surface area contributed by atoms with E-state index in [1.165, 1.54) is 18.9 Å². The molecule has 2 aromatic heterocycles. The number of aromatic amines is 1. The largest absolute Gasteiger partial charge is 0.467 e. The van der Waals surface area contributed by atoms with Gasteiger partial charge in [0.15, 0.2) is 5.16 Å². The van der Waals surface area contributed by atoms with Gasteiger partial charge in [-0.05, 0) is 17.7 Å². The smallest absolute Gasteiger partial charge is 0.328 e. The quantitative estimate of drug-likeness (QED) is 0.375. The molecule has 26 heavy (non-hydrogen) atoms. The molecular formula is C18H18N4O3S. The summed E-state index contributed by atoms with van der Waals surface area (Å²) in [6, 6.07) is 8.75. The number of rotatable bonds is 7. The predicted octanol–water partition coefficient (Wildman–Crippen LogP) is 1.95. The van der Waals surface area contributed by atoms with Crippen molar-refractivity contribution < 1.29 is 14.3 Å². The highest BCUT2D eigenvalue weighted by atomic mass is 32.2. The molecule has 0 saturated carbocycles. The van der Waals surface area contributed by atoms with Crippen LogP contribution in [0.25, 0.3) is 10.9 Å². The first kappa shape index (κ1) is 17.9. The second kappa shape index (κ2) is 8.48. The maximum Gasteiger partial charge on any atom is 0.328 e. The Morgan fingerprint density at radius 3 is 2.77 bits per heavy atom. The Hall–Kier alpha value is -2.87. The molecule has 0 fully saturated rings. The van der Waals surface area contributed by atoms with Crippen LogP contribution in [0.5, 0.6) is 0 Å². The molecule has 0 aliphatic rings. The van der Waals surface area contributed by atoms with E-state index in [1.807, 2.05) is 30.5 Å². The predicted molar refractivity (Wildman–Crippen MR) is 98.7 cm³/mol. The number of hydrogen-bond donors (Lipinski definition) is 2. The molecule has 0 radical (unpaired) electrons. The van der Waals surface area contributed by atoms with Gasteiger partial charge in [0.25, 0.3) is 0 Å². The first-order valence-corrected chi connectivity index (χ1v) is 8.98. The second-order valence-electron chi connectivity index (χ2n) is 5.53. The second-order valence-corrected chi connectivity index (χ2v) is 6.47. The van der Waals surface area contributed by atoms with E-state index in [0.717, 1.165) is 16.5 Å². The van der Waals surface area contributed by atoms with Crippen molar-refractivity contribution in [2.45, 2.75) is 17.6 Å². The van der Waals surface area contributed by atoms with Gasteiger partial charge in [0.2, 0.25) is 5.91 Å². The number of nitrogens with one attached hydrogen (secondary N) is 2. The van der Waals surface area contributed by atoms with Crippen molar-refractivity contribution in [2.75, 3.05) is 12.9 Å². The summed E-state index contributed by atoms with van der Waals surface area (Å²) in [6.07, 6.45) is 5.41. The number of para-hydroxylation sites is 1. The van der Waals surface area contributed by atoms with Crippen LogP contribution in [0.1, 0.15) is 5.56 Å². The molecular weight excluding hydrogens is 352 g/mol. The lowest BCUT2D eigenvalue weighted by molar-refractivity contribution is -0.144. The molecule has 1 amide bonds. The number of carbonyl (C=O) groups excluding carboxylic acids is 2. The zero-order chi connectivity index (χ0) is 18.4. The van der Waals surface area contributed by atoms with Crippen LogP contribution in [0.15, 0.2) is 54.1 Å². The van der Waals surface area contributed by atoms with E-state index in [2.05, 4.69) is 20.3 Å². The number of aromatic nitrogens is 3. The number of esters is 1. The van der Waals surface area contributed by atoms with E-state index >= 15 is 0 Å². The van der Waals surface area contributed by atoms with Gasteiger partial charge in [-0.3, -0.25) is 4.79 Å². The summed E-state index contributed by atoms with van der Waals surface area (Å²) < 4.78 is 4.84.